The van der Waals surface area contributed by atoms with E-state index in [4.69, 9.17) is 9.15 Å². The van der Waals surface area contributed by atoms with E-state index < -0.39 is 0 Å². The van der Waals surface area contributed by atoms with Gasteiger partial charge in [-0.3, -0.25) is 4.79 Å². The van der Waals surface area contributed by atoms with Crippen LogP contribution in [0.3, 0.4) is 0 Å². The molecule has 0 radical (unpaired) electrons. The van der Waals surface area contributed by atoms with Crippen LogP contribution in [0.1, 0.15) is 23.8 Å². The molecule has 1 N–H and O–H groups in total. The van der Waals surface area contributed by atoms with Gasteiger partial charge >= 0.3 is 0 Å². The van der Waals surface area contributed by atoms with Crippen LogP contribution in [0.25, 0.3) is 0 Å². The van der Waals surface area contributed by atoms with Crippen LogP contribution in [-0.2, 0) is 11.2 Å². The topological polar surface area (TPSA) is 54.7 Å². The van der Waals surface area contributed by atoms with Crippen LogP contribution in [-0.4, -0.2) is 38.6 Å². The van der Waals surface area contributed by atoms with Gasteiger partial charge in [-0.2, -0.15) is 0 Å². The molecular weight excluding hydrogens is 292 g/mol. The van der Waals surface area contributed by atoms with Gasteiger partial charge in [0.2, 0.25) is 5.91 Å². The van der Waals surface area contributed by atoms with Crippen LogP contribution < -0.4 is 10.1 Å². The minimum absolute atomic E-state index is 0.0242. The molecule has 1 aromatic heterocycles. The summed E-state index contributed by atoms with van der Waals surface area (Å²) in [5.41, 5.74) is 1.11. The van der Waals surface area contributed by atoms with Gasteiger partial charge < -0.3 is 19.4 Å². The first-order valence-corrected chi connectivity index (χ1v) is 7.69. The van der Waals surface area contributed by atoms with E-state index in [0.717, 1.165) is 17.1 Å². The van der Waals surface area contributed by atoms with Crippen molar-refractivity contribution in [1.29, 1.82) is 0 Å². The van der Waals surface area contributed by atoms with Crippen molar-refractivity contribution in [2.45, 2.75) is 18.9 Å². The third kappa shape index (κ3) is 5.14. The molecule has 0 fully saturated rings. The molecule has 5 nitrogen and oxygen atoms in total. The molecule has 1 amide bonds. The summed E-state index contributed by atoms with van der Waals surface area (Å²) in [6, 6.07) is 11.7. The summed E-state index contributed by atoms with van der Waals surface area (Å²) in [4.78, 5) is 14.1. The average Bonchev–Trinajstić information content (AvgIpc) is 3.06. The van der Waals surface area contributed by atoms with E-state index in [1.54, 1.807) is 13.4 Å². The van der Waals surface area contributed by atoms with Crippen molar-refractivity contribution in [3.63, 3.8) is 0 Å². The molecule has 0 saturated heterocycles. The Morgan fingerprint density at radius 1 is 1.30 bits per heavy atom. The van der Waals surface area contributed by atoms with Gasteiger partial charge in [0, 0.05) is 19.4 Å². The molecule has 0 aliphatic carbocycles. The molecule has 1 aromatic carbocycles. The number of amides is 1. The standard InChI is InChI=1S/C18H24N2O3/c1-20(2)17(14-6-4-7-16(12-14)22-3)13-19-18(21)10-9-15-8-5-11-23-15/h4-8,11-12,17H,9-10,13H2,1-3H3,(H,19,21). The highest BCUT2D eigenvalue weighted by molar-refractivity contribution is 5.76. The van der Waals surface area contributed by atoms with Crippen molar-refractivity contribution in [2.75, 3.05) is 27.7 Å². The summed E-state index contributed by atoms with van der Waals surface area (Å²) < 4.78 is 10.5. The minimum Gasteiger partial charge on any atom is -0.497 e. The van der Waals surface area contributed by atoms with E-state index in [-0.39, 0.29) is 11.9 Å². The highest BCUT2D eigenvalue weighted by Gasteiger charge is 2.16. The summed E-state index contributed by atoms with van der Waals surface area (Å²) in [5.74, 6) is 1.67. The van der Waals surface area contributed by atoms with Crippen LogP contribution in [0.5, 0.6) is 5.75 Å². The number of methoxy groups -OCH3 is 1. The summed E-state index contributed by atoms with van der Waals surface area (Å²) in [6.07, 6.45) is 2.66. The summed E-state index contributed by atoms with van der Waals surface area (Å²) in [6.45, 7) is 0.553. The van der Waals surface area contributed by atoms with Crippen molar-refractivity contribution in [2.24, 2.45) is 0 Å². The number of hydrogen-bond acceptors (Lipinski definition) is 4. The van der Waals surface area contributed by atoms with Crippen molar-refractivity contribution < 1.29 is 13.9 Å². The average molecular weight is 316 g/mol. The highest BCUT2D eigenvalue weighted by Crippen LogP contribution is 2.22. The Kier molecular flexibility index (Phi) is 6.23. The Morgan fingerprint density at radius 2 is 2.13 bits per heavy atom. The number of carbonyl (C=O) groups is 1. The molecule has 0 bridgehead atoms. The molecule has 0 spiro atoms. The van der Waals surface area contributed by atoms with E-state index >= 15 is 0 Å². The summed E-state index contributed by atoms with van der Waals surface area (Å²) in [5, 5.41) is 3.00. The van der Waals surface area contributed by atoms with Gasteiger partial charge in [0.1, 0.15) is 11.5 Å². The molecule has 2 rings (SSSR count). The number of nitrogens with one attached hydrogen (secondary N) is 1. The minimum atomic E-state index is 0.0242. The Balaban J connectivity index is 1.90. The Morgan fingerprint density at radius 3 is 2.78 bits per heavy atom. The SMILES string of the molecule is COc1cccc(C(CNC(=O)CCc2ccco2)N(C)C)c1. The van der Waals surface area contributed by atoms with Crippen LogP contribution >= 0.6 is 0 Å². The fraction of sp³-hybridized carbons (Fsp3) is 0.389. The molecule has 1 unspecified atom stereocenters. The van der Waals surface area contributed by atoms with Gasteiger partial charge in [-0.1, -0.05) is 12.1 Å². The number of ether oxygens (including phenoxy) is 1. The van der Waals surface area contributed by atoms with Gasteiger partial charge in [-0.05, 0) is 43.9 Å². The first kappa shape index (κ1) is 17.1. The Labute approximate surface area is 137 Å². The molecule has 2 aromatic rings. The van der Waals surface area contributed by atoms with Crippen molar-refractivity contribution in [1.82, 2.24) is 10.2 Å². The van der Waals surface area contributed by atoms with E-state index in [2.05, 4.69) is 10.2 Å². The number of carbonyl (C=O) groups excluding carboxylic acids is 1. The quantitative estimate of drug-likeness (QED) is 0.813. The molecule has 0 aliphatic heterocycles. The molecule has 23 heavy (non-hydrogen) atoms. The maximum Gasteiger partial charge on any atom is 0.220 e. The maximum absolute atomic E-state index is 12.0. The fourth-order valence-electron chi connectivity index (χ4n) is 2.44. The number of aryl methyl sites for hydroxylation is 1. The second-order valence-electron chi connectivity index (χ2n) is 5.64. The molecule has 1 atom stereocenters. The van der Waals surface area contributed by atoms with Gasteiger partial charge in [0.25, 0.3) is 0 Å². The number of benzene rings is 1. The second-order valence-corrected chi connectivity index (χ2v) is 5.64. The zero-order valence-corrected chi connectivity index (χ0v) is 13.9. The van der Waals surface area contributed by atoms with E-state index in [1.165, 1.54) is 0 Å². The smallest absolute Gasteiger partial charge is 0.220 e. The predicted molar refractivity (Wildman–Crippen MR) is 89.5 cm³/mol. The number of furan rings is 1. The van der Waals surface area contributed by atoms with Crippen molar-refractivity contribution in [3.05, 3.63) is 54.0 Å². The Hall–Kier alpha value is -2.27. The third-order valence-corrected chi connectivity index (χ3v) is 3.77. The summed E-state index contributed by atoms with van der Waals surface area (Å²) in [7, 11) is 5.65. The summed E-state index contributed by atoms with van der Waals surface area (Å²) >= 11 is 0. The molecule has 124 valence electrons. The second kappa shape index (κ2) is 8.39. The molecular formula is C18H24N2O3. The van der Waals surface area contributed by atoms with E-state index in [0.29, 0.717) is 19.4 Å². The zero-order valence-electron chi connectivity index (χ0n) is 13.9. The van der Waals surface area contributed by atoms with Gasteiger partial charge in [-0.15, -0.1) is 0 Å². The zero-order chi connectivity index (χ0) is 16.7. The van der Waals surface area contributed by atoms with E-state index in [9.17, 15) is 4.79 Å². The number of likely N-dealkylation sites (N-methyl/N-ethyl adjacent to an activating group) is 1. The van der Waals surface area contributed by atoms with Crippen LogP contribution in [0.4, 0.5) is 0 Å². The molecule has 0 aliphatic rings. The monoisotopic (exact) mass is 316 g/mol. The van der Waals surface area contributed by atoms with Gasteiger partial charge in [0.15, 0.2) is 0 Å². The number of hydrogen-bond donors (Lipinski definition) is 1. The molecule has 5 heteroatoms. The normalized spacial score (nSPS) is 12.2. The predicted octanol–water partition coefficient (Wildman–Crippen LogP) is 2.64. The van der Waals surface area contributed by atoms with Crippen molar-refractivity contribution in [3.8, 4) is 5.75 Å². The highest BCUT2D eigenvalue weighted by atomic mass is 16.5. The lowest BCUT2D eigenvalue weighted by molar-refractivity contribution is -0.121. The fourth-order valence-corrected chi connectivity index (χ4v) is 2.44. The van der Waals surface area contributed by atoms with E-state index in [1.807, 2.05) is 50.5 Å². The Bertz CT molecular complexity index is 608. The largest absolute Gasteiger partial charge is 0.497 e. The lowest BCUT2D eigenvalue weighted by Gasteiger charge is -2.25. The van der Waals surface area contributed by atoms with Crippen LogP contribution in [0.2, 0.25) is 0 Å². The maximum atomic E-state index is 12.0. The van der Waals surface area contributed by atoms with Gasteiger partial charge in [-0.25, -0.2) is 0 Å². The first-order chi connectivity index (χ1) is 11.1. The number of nitrogens with zero attached hydrogens (tertiary/aromatic N) is 1. The van der Waals surface area contributed by atoms with Gasteiger partial charge in [0.05, 0.1) is 19.4 Å². The van der Waals surface area contributed by atoms with Crippen LogP contribution in [0.15, 0.2) is 47.1 Å². The number of rotatable bonds is 8. The van der Waals surface area contributed by atoms with Crippen molar-refractivity contribution >= 4 is 5.91 Å². The third-order valence-electron chi connectivity index (χ3n) is 3.77. The van der Waals surface area contributed by atoms with Crippen LogP contribution in [0, 0.1) is 0 Å². The first-order valence-electron chi connectivity index (χ1n) is 7.69. The molecule has 0 saturated carbocycles. The molecule has 1 heterocycles. The lowest BCUT2D eigenvalue weighted by atomic mass is 10.1. The lowest BCUT2D eigenvalue weighted by Crippen LogP contribution is -2.34.